The maximum absolute atomic E-state index is 12.9. The van der Waals surface area contributed by atoms with Gasteiger partial charge >= 0.3 is 17.9 Å². The lowest BCUT2D eigenvalue weighted by Gasteiger charge is -2.25. The lowest BCUT2D eigenvalue weighted by molar-refractivity contribution is -0.870. The number of carbonyl (C=O) groups is 3. The zero-order chi connectivity index (χ0) is 64.7. The summed E-state index contributed by atoms with van der Waals surface area (Å²) in [5.41, 5.74) is 0. The fraction of sp³-hybridized carbons (Fsp3) is 0.688. The molecule has 0 saturated carbocycles. The number of esters is 2. The molecule has 2 unspecified atom stereocenters. The van der Waals surface area contributed by atoms with Crippen LogP contribution in [0.25, 0.3) is 0 Å². The minimum Gasteiger partial charge on any atom is -0.477 e. The van der Waals surface area contributed by atoms with Gasteiger partial charge in [-0.15, -0.1) is 0 Å². The van der Waals surface area contributed by atoms with Gasteiger partial charge in [0.25, 0.3) is 6.29 Å². The van der Waals surface area contributed by atoms with Gasteiger partial charge in [-0.1, -0.05) is 321 Å². The molecule has 0 heterocycles. The Hall–Kier alpha value is -4.57. The maximum Gasteiger partial charge on any atom is 0.361 e. The minimum atomic E-state index is -1.52. The van der Waals surface area contributed by atoms with E-state index >= 15 is 0 Å². The Kier molecular flexibility index (Phi) is 65.8. The van der Waals surface area contributed by atoms with Gasteiger partial charge in [0.1, 0.15) is 13.2 Å². The fourth-order valence-corrected chi connectivity index (χ4v) is 9.90. The quantitative estimate of drug-likeness (QED) is 0.0211. The van der Waals surface area contributed by atoms with Gasteiger partial charge < -0.3 is 28.5 Å². The molecule has 0 aromatic heterocycles. The van der Waals surface area contributed by atoms with Crippen molar-refractivity contribution in [3.63, 3.8) is 0 Å². The van der Waals surface area contributed by atoms with Crippen LogP contribution in [-0.2, 0) is 33.3 Å². The number of quaternary nitrogens is 1. The number of likely N-dealkylation sites (N-methyl/N-ethyl adjacent to an activating group) is 1. The number of aliphatic carboxylic acids is 1. The van der Waals surface area contributed by atoms with Gasteiger partial charge in [-0.05, 0) is 96.3 Å². The van der Waals surface area contributed by atoms with E-state index in [1.807, 2.05) is 21.1 Å². The number of allylic oxidation sites excluding steroid dienone is 22. The first kappa shape index (κ1) is 84.4. The number of hydrogen-bond acceptors (Lipinski definition) is 7. The van der Waals surface area contributed by atoms with Crippen molar-refractivity contribution < 1.29 is 42.9 Å². The molecule has 0 radical (unpaired) electrons. The van der Waals surface area contributed by atoms with Crippen LogP contribution in [0.1, 0.15) is 296 Å². The number of ether oxygens (including phenoxy) is 4. The second kappa shape index (κ2) is 69.3. The first-order valence-corrected chi connectivity index (χ1v) is 36.3. The Morgan fingerprint density at radius 3 is 0.955 bits per heavy atom. The monoisotopic (exact) mass is 1240 g/mol. The summed E-state index contributed by atoms with van der Waals surface area (Å²) in [6, 6.07) is 0. The molecule has 9 nitrogen and oxygen atoms in total. The zero-order valence-corrected chi connectivity index (χ0v) is 58.0. The highest BCUT2D eigenvalue weighted by atomic mass is 16.7. The number of unbranched alkanes of at least 4 members (excludes halogenated alkanes) is 29. The van der Waals surface area contributed by atoms with E-state index < -0.39 is 24.3 Å². The molecule has 1 N–H and O–H groups in total. The molecular formula is C80H136NO8+. The van der Waals surface area contributed by atoms with Gasteiger partial charge in [0, 0.05) is 12.8 Å². The molecule has 9 heteroatoms. The van der Waals surface area contributed by atoms with Crippen molar-refractivity contribution in [3.8, 4) is 0 Å². The first-order chi connectivity index (χ1) is 43.6. The Bertz CT molecular complexity index is 1930. The van der Waals surface area contributed by atoms with Crippen LogP contribution in [0.15, 0.2) is 134 Å². The van der Waals surface area contributed by atoms with E-state index in [1.54, 1.807) is 0 Å². The Morgan fingerprint density at radius 2 is 0.640 bits per heavy atom. The van der Waals surface area contributed by atoms with Crippen molar-refractivity contribution in [1.29, 1.82) is 0 Å². The Labute approximate surface area is 548 Å². The number of carbonyl (C=O) groups excluding carboxylic acids is 2. The number of nitrogens with zero attached hydrogens (tertiary/aromatic N) is 1. The molecular weight excluding hydrogens is 1100 g/mol. The van der Waals surface area contributed by atoms with E-state index in [4.69, 9.17) is 18.9 Å². The molecule has 0 aromatic rings. The van der Waals surface area contributed by atoms with E-state index in [-0.39, 0.29) is 32.2 Å². The minimum absolute atomic E-state index is 0.181. The molecule has 0 amide bonds. The van der Waals surface area contributed by atoms with E-state index in [9.17, 15) is 19.5 Å². The molecule has 0 aromatic carbocycles. The number of rotatable bonds is 66. The van der Waals surface area contributed by atoms with Crippen molar-refractivity contribution in [1.82, 2.24) is 0 Å². The van der Waals surface area contributed by atoms with Gasteiger partial charge in [0.15, 0.2) is 6.10 Å². The summed E-state index contributed by atoms with van der Waals surface area (Å²) in [5, 5.41) is 9.75. The van der Waals surface area contributed by atoms with Crippen LogP contribution >= 0.6 is 0 Å². The maximum atomic E-state index is 12.9. The van der Waals surface area contributed by atoms with Crippen LogP contribution in [0.4, 0.5) is 0 Å². The predicted octanol–water partition coefficient (Wildman–Crippen LogP) is 22.9. The predicted molar refractivity (Wildman–Crippen MR) is 382 cm³/mol. The van der Waals surface area contributed by atoms with Gasteiger partial charge in [-0.2, -0.15) is 0 Å². The van der Waals surface area contributed by atoms with E-state index in [0.29, 0.717) is 23.9 Å². The Morgan fingerprint density at radius 1 is 0.348 bits per heavy atom. The van der Waals surface area contributed by atoms with Crippen LogP contribution in [-0.4, -0.2) is 87.4 Å². The SMILES string of the molecule is CC/C=C\C/C=C\C/C=C\C/C=C\C/C=C\C/C=C\C/C=C\C/C=C\C/C=C\C/C=C\C/C=C\CCCCCCCCCC(=O)OC(COC(=O)CCCCCCCCCCCCCCCCCCCCCCCCC)COC(OCC[N+](C)(C)C)C(=O)O. The highest BCUT2D eigenvalue weighted by molar-refractivity contribution is 5.71. The molecule has 0 rings (SSSR count). The average molecular weight is 1240 g/mol. The first-order valence-electron chi connectivity index (χ1n) is 36.3. The second-order valence-electron chi connectivity index (χ2n) is 25.2. The fourth-order valence-electron chi connectivity index (χ4n) is 9.90. The summed E-state index contributed by atoms with van der Waals surface area (Å²) >= 11 is 0. The highest BCUT2D eigenvalue weighted by Gasteiger charge is 2.25. The highest BCUT2D eigenvalue weighted by Crippen LogP contribution is 2.17. The third-order valence-electron chi connectivity index (χ3n) is 15.4. The number of hydrogen-bond donors (Lipinski definition) is 1. The van der Waals surface area contributed by atoms with Crippen molar-refractivity contribution in [2.45, 2.75) is 309 Å². The van der Waals surface area contributed by atoms with Crippen molar-refractivity contribution in [3.05, 3.63) is 134 Å². The van der Waals surface area contributed by atoms with E-state index in [1.165, 1.54) is 148 Å². The third kappa shape index (κ3) is 70.7. The molecule has 2 atom stereocenters. The molecule has 0 fully saturated rings. The lowest BCUT2D eigenvalue weighted by Crippen LogP contribution is -2.40. The summed E-state index contributed by atoms with van der Waals surface area (Å²) in [4.78, 5) is 37.6. The van der Waals surface area contributed by atoms with Gasteiger partial charge in [0.05, 0.1) is 34.4 Å². The van der Waals surface area contributed by atoms with Gasteiger partial charge in [0.2, 0.25) is 0 Å². The topological polar surface area (TPSA) is 108 Å². The summed E-state index contributed by atoms with van der Waals surface area (Å²) < 4.78 is 23.0. The van der Waals surface area contributed by atoms with Crippen LogP contribution < -0.4 is 0 Å². The second-order valence-corrected chi connectivity index (χ2v) is 25.2. The molecule has 0 bridgehead atoms. The van der Waals surface area contributed by atoms with Crippen LogP contribution in [0.5, 0.6) is 0 Å². The third-order valence-corrected chi connectivity index (χ3v) is 15.4. The molecule has 89 heavy (non-hydrogen) atoms. The average Bonchev–Trinajstić information content (AvgIpc) is 3.64. The zero-order valence-electron chi connectivity index (χ0n) is 58.0. The smallest absolute Gasteiger partial charge is 0.361 e. The molecule has 0 aliphatic heterocycles. The van der Waals surface area contributed by atoms with Crippen molar-refractivity contribution >= 4 is 17.9 Å². The molecule has 0 saturated heterocycles. The lowest BCUT2D eigenvalue weighted by atomic mass is 10.0. The van der Waals surface area contributed by atoms with Crippen molar-refractivity contribution in [2.75, 3.05) is 47.5 Å². The number of carboxylic acids is 1. The Balaban J connectivity index is 4.16. The molecule has 508 valence electrons. The summed E-state index contributed by atoms with van der Waals surface area (Å²) in [5.74, 6) is -2.02. The van der Waals surface area contributed by atoms with Crippen molar-refractivity contribution in [2.24, 2.45) is 0 Å². The summed E-state index contributed by atoms with van der Waals surface area (Å²) in [7, 11) is 5.97. The van der Waals surface area contributed by atoms with E-state index in [2.05, 4.69) is 148 Å². The van der Waals surface area contributed by atoms with Crippen LogP contribution in [0.2, 0.25) is 0 Å². The summed E-state index contributed by atoms with van der Waals surface area (Å²) in [6.07, 6.45) is 97.1. The van der Waals surface area contributed by atoms with Crippen LogP contribution in [0, 0.1) is 0 Å². The molecule has 0 spiro atoms. The normalized spacial score (nSPS) is 13.5. The largest absolute Gasteiger partial charge is 0.477 e. The van der Waals surface area contributed by atoms with Gasteiger partial charge in [-0.25, -0.2) is 4.79 Å². The standard InChI is InChI=1S/C80H135NO8/c1-6-8-10-12-14-16-18-20-22-24-26-28-30-31-32-33-34-35-36-37-38-39-40-41-42-43-44-45-46-47-49-51-53-55-57-59-61-63-65-67-69-71-78(83)89-76(75-88-80(79(84)85)86-73-72-81(3,4)5)74-87-77(82)70-68-66-64-62-60-58-56-54-52-50-48-29-27-25-23-21-19-17-15-13-11-9-7-2/h8,10,14,16,20,22,26,28,31-32,34-35,37-38,40-41,43-44,46-47,51,53,76,80H,6-7,9,11-13,15,17-19,21,23-25,27,29-30,33,36,39,42,45,48-50,52,54-75H2,1-5H3/p+1/b10-8-,16-14-,22-20-,28-26-,32-31-,35-34-,38-37-,41-40-,44-43-,47-46-,53-51-. The van der Waals surface area contributed by atoms with Crippen LogP contribution in [0.3, 0.4) is 0 Å². The molecule has 0 aliphatic rings. The molecule has 0 aliphatic carbocycles. The van der Waals surface area contributed by atoms with E-state index in [0.717, 1.165) is 116 Å². The van der Waals surface area contributed by atoms with Gasteiger partial charge in [-0.3, -0.25) is 9.59 Å². The summed E-state index contributed by atoms with van der Waals surface area (Å²) in [6.45, 7) is 4.77. The number of carboxylic acid groups (broad SMARTS) is 1.